The summed E-state index contributed by atoms with van der Waals surface area (Å²) in [5.41, 5.74) is 1.95. The van der Waals surface area contributed by atoms with Crippen LogP contribution >= 0.6 is 0 Å². The molecule has 3 aromatic heterocycles. The van der Waals surface area contributed by atoms with Gasteiger partial charge in [-0.1, -0.05) is 6.42 Å². The van der Waals surface area contributed by atoms with Gasteiger partial charge in [0.15, 0.2) is 5.82 Å². The molecule has 2 bridgehead atoms. The summed E-state index contributed by atoms with van der Waals surface area (Å²) in [7, 11) is 1.59. The minimum Gasteiger partial charge on any atom is -0.481 e. The summed E-state index contributed by atoms with van der Waals surface area (Å²) < 4.78 is 5.39. The van der Waals surface area contributed by atoms with Crippen molar-refractivity contribution in [3.8, 4) is 5.88 Å². The molecule has 174 valence electrons. The average Bonchev–Trinajstić information content (AvgIpc) is 3.27. The van der Waals surface area contributed by atoms with E-state index in [1.54, 1.807) is 19.2 Å². The van der Waals surface area contributed by atoms with Crippen LogP contribution < -0.4 is 15.4 Å². The first-order chi connectivity index (χ1) is 16.2. The fourth-order valence-corrected chi connectivity index (χ4v) is 5.03. The molecule has 0 aromatic carbocycles. The number of hydrogen-bond donors (Lipinski definition) is 4. The Bertz CT molecular complexity index is 1050. The van der Waals surface area contributed by atoms with Gasteiger partial charge in [-0.25, -0.2) is 0 Å². The molecule has 1 unspecified atom stereocenters. The number of nitrogens with one attached hydrogen (secondary N) is 3. The van der Waals surface area contributed by atoms with Crippen LogP contribution in [0.1, 0.15) is 43.4 Å². The highest BCUT2D eigenvalue weighted by Crippen LogP contribution is 2.36. The first-order valence-corrected chi connectivity index (χ1v) is 11.5. The quantitative estimate of drug-likeness (QED) is 0.410. The lowest BCUT2D eigenvalue weighted by Gasteiger charge is -2.49. The van der Waals surface area contributed by atoms with Gasteiger partial charge in [0.2, 0.25) is 11.8 Å². The molecule has 4 N–H and O–H groups in total. The summed E-state index contributed by atoms with van der Waals surface area (Å²) in [5.74, 6) is 2.17. The number of fused-ring (bicyclic) bond motifs is 2. The summed E-state index contributed by atoms with van der Waals surface area (Å²) in [6.45, 7) is 0.880. The number of aliphatic hydroxyl groups is 1. The number of aromatic amines is 1. The number of anilines is 3. The third-order valence-electron chi connectivity index (χ3n) is 6.54. The van der Waals surface area contributed by atoms with Crippen LogP contribution in [0.2, 0.25) is 0 Å². The van der Waals surface area contributed by atoms with Gasteiger partial charge in [0.25, 0.3) is 0 Å². The Morgan fingerprint density at radius 1 is 1.12 bits per heavy atom. The lowest BCUT2D eigenvalue weighted by Crippen LogP contribution is -2.54. The van der Waals surface area contributed by atoms with Gasteiger partial charge < -0.3 is 20.5 Å². The van der Waals surface area contributed by atoms with Crippen molar-refractivity contribution in [2.45, 2.75) is 63.4 Å². The fraction of sp³-hybridized carbons (Fsp3) is 0.478. The van der Waals surface area contributed by atoms with Gasteiger partial charge in [0, 0.05) is 49.2 Å². The Balaban J connectivity index is 1.28. The number of hydrogen-bond acceptors (Lipinski definition) is 9. The third-order valence-corrected chi connectivity index (χ3v) is 6.54. The number of H-pyrrole nitrogens is 1. The number of ether oxygens (including phenoxy) is 1. The molecule has 10 heteroatoms. The zero-order valence-corrected chi connectivity index (χ0v) is 18.7. The first-order valence-electron chi connectivity index (χ1n) is 11.5. The Morgan fingerprint density at radius 3 is 2.61 bits per heavy atom. The Kier molecular flexibility index (Phi) is 6.36. The minimum absolute atomic E-state index is 0.100. The van der Waals surface area contributed by atoms with Crippen molar-refractivity contribution in [2.75, 3.05) is 17.7 Å². The molecule has 2 fully saturated rings. The standard InChI is InChI=1S/C23H30N8O2/c1-33-22-12-20(26-21-11-17(14-32)29-30-21)27-23(28-22)25-16-9-18-3-2-4-19(10-16)31(18)13-15-5-7-24-8-6-15/h5-8,11-12,16,18-19,32H,2-4,9-10,13-14H2,1H3,(H3,25,26,27,28,29,30)/t16?,18-,19+. The third kappa shape index (κ3) is 5.07. The molecule has 2 aliphatic rings. The van der Waals surface area contributed by atoms with Gasteiger partial charge in [-0.2, -0.15) is 15.1 Å². The molecule has 0 amide bonds. The molecule has 3 atom stereocenters. The van der Waals surface area contributed by atoms with Crippen molar-refractivity contribution in [3.05, 3.63) is 47.9 Å². The smallest absolute Gasteiger partial charge is 0.228 e. The van der Waals surface area contributed by atoms with E-state index in [-0.39, 0.29) is 6.61 Å². The van der Waals surface area contributed by atoms with E-state index in [2.05, 4.69) is 52.8 Å². The minimum atomic E-state index is -0.100. The number of aromatic nitrogens is 5. The average molecular weight is 451 g/mol. The van der Waals surface area contributed by atoms with Gasteiger partial charge in [-0.15, -0.1) is 0 Å². The molecule has 0 spiro atoms. The molecule has 5 heterocycles. The molecule has 3 aromatic rings. The Labute approximate surface area is 192 Å². The largest absolute Gasteiger partial charge is 0.481 e. The van der Waals surface area contributed by atoms with Crippen LogP contribution in [0, 0.1) is 0 Å². The Hall–Kier alpha value is -3.24. The first kappa shape index (κ1) is 21.6. The number of methoxy groups -OCH3 is 1. The topological polar surface area (TPSA) is 124 Å². The molecular formula is C23H30N8O2. The predicted molar refractivity (Wildman–Crippen MR) is 124 cm³/mol. The number of pyridine rings is 1. The van der Waals surface area contributed by atoms with Gasteiger partial charge in [0.1, 0.15) is 5.82 Å². The predicted octanol–water partition coefficient (Wildman–Crippen LogP) is 2.84. The van der Waals surface area contributed by atoms with Crippen molar-refractivity contribution >= 4 is 17.6 Å². The maximum absolute atomic E-state index is 9.23. The van der Waals surface area contributed by atoms with Crippen LogP contribution in [0.15, 0.2) is 36.7 Å². The van der Waals surface area contributed by atoms with E-state index < -0.39 is 0 Å². The van der Waals surface area contributed by atoms with E-state index in [9.17, 15) is 5.11 Å². The lowest BCUT2D eigenvalue weighted by molar-refractivity contribution is 0.0276. The van der Waals surface area contributed by atoms with Crippen LogP contribution in [0.3, 0.4) is 0 Å². The highest BCUT2D eigenvalue weighted by atomic mass is 16.5. The molecule has 5 rings (SSSR count). The maximum atomic E-state index is 9.23. The van der Waals surface area contributed by atoms with E-state index in [1.165, 1.54) is 24.8 Å². The van der Waals surface area contributed by atoms with Crippen molar-refractivity contribution in [2.24, 2.45) is 0 Å². The second-order valence-corrected chi connectivity index (χ2v) is 8.76. The summed E-state index contributed by atoms with van der Waals surface area (Å²) in [6, 6.07) is 9.09. The number of rotatable bonds is 8. The van der Waals surface area contributed by atoms with Crippen LogP contribution in [-0.4, -0.2) is 60.4 Å². The van der Waals surface area contributed by atoms with E-state index in [0.29, 0.717) is 47.3 Å². The fourth-order valence-electron chi connectivity index (χ4n) is 5.03. The van der Waals surface area contributed by atoms with E-state index >= 15 is 0 Å². The summed E-state index contributed by atoms with van der Waals surface area (Å²) in [5, 5.41) is 22.9. The molecule has 0 aliphatic carbocycles. The van der Waals surface area contributed by atoms with Crippen molar-refractivity contribution in [3.63, 3.8) is 0 Å². The molecule has 0 saturated carbocycles. The normalized spacial score (nSPS) is 22.7. The van der Waals surface area contributed by atoms with Gasteiger partial charge >= 0.3 is 0 Å². The van der Waals surface area contributed by atoms with Crippen LogP contribution in [0.5, 0.6) is 5.88 Å². The molecule has 2 aliphatic heterocycles. The lowest BCUT2D eigenvalue weighted by atomic mass is 9.81. The van der Waals surface area contributed by atoms with E-state index in [4.69, 9.17) is 4.74 Å². The zero-order valence-electron chi connectivity index (χ0n) is 18.7. The molecule has 0 radical (unpaired) electrons. The van der Waals surface area contributed by atoms with Crippen molar-refractivity contribution in [1.29, 1.82) is 0 Å². The molecular weight excluding hydrogens is 420 g/mol. The number of nitrogens with zero attached hydrogens (tertiary/aromatic N) is 5. The SMILES string of the molecule is COc1cc(Nc2cc(CO)[nH]n2)nc(NC2C[C@H]3CCC[C@@H](C2)N3Cc2ccncc2)n1. The van der Waals surface area contributed by atoms with Crippen LogP contribution in [-0.2, 0) is 13.2 Å². The zero-order chi connectivity index (χ0) is 22.6. The monoisotopic (exact) mass is 450 g/mol. The summed E-state index contributed by atoms with van der Waals surface area (Å²) >= 11 is 0. The summed E-state index contributed by atoms with van der Waals surface area (Å²) in [6.07, 6.45) is 9.60. The molecule has 10 nitrogen and oxygen atoms in total. The van der Waals surface area contributed by atoms with E-state index in [0.717, 1.165) is 19.4 Å². The molecule has 33 heavy (non-hydrogen) atoms. The van der Waals surface area contributed by atoms with Crippen LogP contribution in [0.25, 0.3) is 0 Å². The van der Waals surface area contributed by atoms with E-state index in [1.807, 2.05) is 12.4 Å². The van der Waals surface area contributed by atoms with Crippen molar-refractivity contribution in [1.82, 2.24) is 30.0 Å². The highest BCUT2D eigenvalue weighted by molar-refractivity contribution is 5.55. The number of aliphatic hydroxyl groups excluding tert-OH is 1. The van der Waals surface area contributed by atoms with Gasteiger partial charge in [-0.3, -0.25) is 15.0 Å². The highest BCUT2D eigenvalue weighted by Gasteiger charge is 2.38. The molecule has 2 saturated heterocycles. The second kappa shape index (κ2) is 9.72. The van der Waals surface area contributed by atoms with Crippen LogP contribution in [0.4, 0.5) is 17.6 Å². The summed E-state index contributed by atoms with van der Waals surface area (Å²) in [4.78, 5) is 16.0. The number of piperidine rings is 2. The maximum Gasteiger partial charge on any atom is 0.228 e. The van der Waals surface area contributed by atoms with Gasteiger partial charge in [-0.05, 0) is 43.4 Å². The van der Waals surface area contributed by atoms with Gasteiger partial charge in [0.05, 0.1) is 19.4 Å². The van der Waals surface area contributed by atoms with Crippen molar-refractivity contribution < 1.29 is 9.84 Å². The second-order valence-electron chi connectivity index (χ2n) is 8.76. The Morgan fingerprint density at radius 2 is 1.91 bits per heavy atom.